The molecule has 0 saturated heterocycles. The Morgan fingerprint density at radius 3 is 2.41 bits per heavy atom. The molecule has 0 unspecified atom stereocenters. The number of benzene rings is 2. The monoisotopic (exact) mass is 415 g/mol. The van der Waals surface area contributed by atoms with Gasteiger partial charge in [0.25, 0.3) is 5.91 Å². The van der Waals surface area contributed by atoms with Crippen LogP contribution in [0.1, 0.15) is 23.6 Å². The summed E-state index contributed by atoms with van der Waals surface area (Å²) in [6, 6.07) is 9.11. The first-order valence-corrected chi connectivity index (χ1v) is 9.39. The van der Waals surface area contributed by atoms with E-state index in [0.29, 0.717) is 16.5 Å². The fraction of sp³-hybridized carbons (Fsp3) is 0.286. The van der Waals surface area contributed by atoms with Crippen LogP contribution in [0.25, 0.3) is 11.3 Å². The van der Waals surface area contributed by atoms with Crippen LogP contribution in [0.4, 0.5) is 5.82 Å². The SMILES string of the molecule is COc1ccc(-c2nonc2NC(=O)[C@H](C)Oc2cc(C)c(Cl)c(C)c2)cc1C. The number of nitrogens with one attached hydrogen (secondary N) is 1. The molecular formula is C21H22ClN3O4. The first-order valence-electron chi connectivity index (χ1n) is 9.02. The van der Waals surface area contributed by atoms with E-state index in [2.05, 4.69) is 15.6 Å². The number of halogens is 1. The molecule has 0 fully saturated rings. The molecule has 8 heteroatoms. The summed E-state index contributed by atoms with van der Waals surface area (Å²) in [6.45, 7) is 7.34. The van der Waals surface area contributed by atoms with Crippen molar-refractivity contribution in [2.75, 3.05) is 12.4 Å². The normalized spacial score (nSPS) is 11.8. The maximum absolute atomic E-state index is 12.6. The van der Waals surface area contributed by atoms with Crippen molar-refractivity contribution in [2.45, 2.75) is 33.8 Å². The number of anilines is 1. The number of hydrogen-bond donors (Lipinski definition) is 1. The zero-order chi connectivity index (χ0) is 21.1. The van der Waals surface area contributed by atoms with Gasteiger partial charge in [0.15, 0.2) is 11.8 Å². The molecule has 0 spiro atoms. The molecule has 0 aliphatic heterocycles. The summed E-state index contributed by atoms with van der Waals surface area (Å²) in [7, 11) is 1.61. The summed E-state index contributed by atoms with van der Waals surface area (Å²) < 4.78 is 15.9. The van der Waals surface area contributed by atoms with Crippen LogP contribution in [0.2, 0.25) is 5.02 Å². The summed E-state index contributed by atoms with van der Waals surface area (Å²) in [5.74, 6) is 1.17. The first-order chi connectivity index (χ1) is 13.8. The van der Waals surface area contributed by atoms with Gasteiger partial charge in [0.1, 0.15) is 11.5 Å². The van der Waals surface area contributed by atoms with Gasteiger partial charge in [-0.05, 0) is 85.0 Å². The standard InChI is InChI=1S/C21H22ClN3O4/c1-11-8-15(6-7-17(11)27-5)19-20(25-29-24-19)23-21(26)14(4)28-16-9-12(2)18(22)13(3)10-16/h6-10,14H,1-5H3,(H,23,25,26)/t14-/m0/s1. The first kappa shape index (κ1) is 20.7. The molecule has 7 nitrogen and oxygen atoms in total. The molecule has 152 valence electrons. The number of ether oxygens (including phenoxy) is 2. The highest BCUT2D eigenvalue weighted by Crippen LogP contribution is 2.29. The molecule has 3 aromatic rings. The van der Waals surface area contributed by atoms with Crippen LogP contribution in [0, 0.1) is 20.8 Å². The Labute approximate surface area is 173 Å². The van der Waals surface area contributed by atoms with E-state index in [9.17, 15) is 4.79 Å². The molecule has 0 radical (unpaired) electrons. The molecular weight excluding hydrogens is 394 g/mol. The van der Waals surface area contributed by atoms with Gasteiger partial charge < -0.3 is 14.8 Å². The van der Waals surface area contributed by atoms with Crippen molar-refractivity contribution in [3.8, 4) is 22.8 Å². The highest BCUT2D eigenvalue weighted by molar-refractivity contribution is 6.32. The largest absolute Gasteiger partial charge is 0.496 e. The summed E-state index contributed by atoms with van der Waals surface area (Å²) in [6.07, 6.45) is -0.767. The van der Waals surface area contributed by atoms with E-state index in [-0.39, 0.29) is 11.7 Å². The van der Waals surface area contributed by atoms with Gasteiger partial charge in [0, 0.05) is 10.6 Å². The van der Waals surface area contributed by atoms with Crippen LogP contribution in [0.3, 0.4) is 0 Å². The third-order valence-corrected chi connectivity index (χ3v) is 5.09. The van der Waals surface area contributed by atoms with Crippen molar-refractivity contribution in [3.63, 3.8) is 0 Å². The topological polar surface area (TPSA) is 86.5 Å². The average molecular weight is 416 g/mol. The number of aromatic nitrogens is 2. The predicted molar refractivity (Wildman–Crippen MR) is 111 cm³/mol. The van der Waals surface area contributed by atoms with Crippen LogP contribution >= 0.6 is 11.6 Å². The van der Waals surface area contributed by atoms with Crippen LogP contribution in [-0.2, 0) is 4.79 Å². The van der Waals surface area contributed by atoms with Crippen molar-refractivity contribution >= 4 is 23.3 Å². The van der Waals surface area contributed by atoms with E-state index in [1.807, 2.05) is 39.0 Å². The maximum Gasteiger partial charge on any atom is 0.266 e. The lowest BCUT2D eigenvalue weighted by Gasteiger charge is -2.15. The summed E-state index contributed by atoms with van der Waals surface area (Å²) in [5.41, 5.74) is 3.86. The molecule has 0 bridgehead atoms. The number of hydrogen-bond acceptors (Lipinski definition) is 6. The predicted octanol–water partition coefficient (Wildman–Crippen LogP) is 4.73. The van der Waals surface area contributed by atoms with Gasteiger partial charge in [-0.2, -0.15) is 0 Å². The van der Waals surface area contributed by atoms with Crippen LogP contribution in [0.15, 0.2) is 35.0 Å². The number of aryl methyl sites for hydroxylation is 3. The van der Waals surface area contributed by atoms with Gasteiger partial charge in [-0.3, -0.25) is 4.79 Å². The number of amides is 1. The Morgan fingerprint density at radius 2 is 1.79 bits per heavy atom. The van der Waals surface area contributed by atoms with E-state index in [1.54, 1.807) is 26.2 Å². The molecule has 1 heterocycles. The van der Waals surface area contributed by atoms with Gasteiger partial charge in [-0.25, -0.2) is 4.63 Å². The minimum absolute atomic E-state index is 0.221. The number of carbonyl (C=O) groups is 1. The van der Waals surface area contributed by atoms with Crippen molar-refractivity contribution in [3.05, 3.63) is 52.0 Å². The number of nitrogens with zero attached hydrogens (tertiary/aromatic N) is 2. The third-order valence-electron chi connectivity index (χ3n) is 4.49. The second-order valence-electron chi connectivity index (χ2n) is 6.77. The molecule has 3 rings (SSSR count). The van der Waals surface area contributed by atoms with Gasteiger partial charge in [-0.15, -0.1) is 0 Å². The van der Waals surface area contributed by atoms with E-state index >= 15 is 0 Å². The number of methoxy groups -OCH3 is 1. The third kappa shape index (κ3) is 4.51. The molecule has 1 amide bonds. The highest BCUT2D eigenvalue weighted by atomic mass is 35.5. The Kier molecular flexibility index (Phi) is 6.08. The molecule has 29 heavy (non-hydrogen) atoms. The van der Waals surface area contributed by atoms with E-state index in [0.717, 1.165) is 28.0 Å². The van der Waals surface area contributed by atoms with Crippen molar-refractivity contribution in [1.29, 1.82) is 0 Å². The van der Waals surface area contributed by atoms with Crippen molar-refractivity contribution in [1.82, 2.24) is 10.3 Å². The lowest BCUT2D eigenvalue weighted by atomic mass is 10.1. The molecule has 1 N–H and O–H groups in total. The van der Waals surface area contributed by atoms with E-state index in [1.165, 1.54) is 0 Å². The number of rotatable bonds is 6. The van der Waals surface area contributed by atoms with Gasteiger partial charge >= 0.3 is 0 Å². The summed E-state index contributed by atoms with van der Waals surface area (Å²) >= 11 is 6.18. The number of carbonyl (C=O) groups excluding carboxylic acids is 1. The highest BCUT2D eigenvalue weighted by Gasteiger charge is 2.21. The zero-order valence-corrected chi connectivity index (χ0v) is 17.6. The molecule has 1 aromatic heterocycles. The lowest BCUT2D eigenvalue weighted by molar-refractivity contribution is -0.122. The summed E-state index contributed by atoms with van der Waals surface area (Å²) in [5, 5.41) is 11.1. The minimum atomic E-state index is -0.767. The van der Waals surface area contributed by atoms with Crippen LogP contribution < -0.4 is 14.8 Å². The molecule has 1 atom stereocenters. The van der Waals surface area contributed by atoms with Crippen LogP contribution in [0.5, 0.6) is 11.5 Å². The summed E-state index contributed by atoms with van der Waals surface area (Å²) in [4.78, 5) is 12.6. The van der Waals surface area contributed by atoms with Gasteiger partial charge in [0.05, 0.1) is 7.11 Å². The van der Waals surface area contributed by atoms with Crippen LogP contribution in [-0.4, -0.2) is 29.4 Å². The van der Waals surface area contributed by atoms with Crippen molar-refractivity contribution in [2.24, 2.45) is 0 Å². The molecule has 2 aromatic carbocycles. The lowest BCUT2D eigenvalue weighted by Crippen LogP contribution is -2.30. The van der Waals surface area contributed by atoms with Gasteiger partial charge in [-0.1, -0.05) is 11.6 Å². The van der Waals surface area contributed by atoms with E-state index < -0.39 is 6.10 Å². The quantitative estimate of drug-likeness (QED) is 0.626. The Morgan fingerprint density at radius 1 is 1.10 bits per heavy atom. The Balaban J connectivity index is 1.75. The maximum atomic E-state index is 12.6. The Bertz CT molecular complexity index is 1030. The van der Waals surface area contributed by atoms with Crippen molar-refractivity contribution < 1.29 is 18.9 Å². The van der Waals surface area contributed by atoms with E-state index in [4.69, 9.17) is 25.7 Å². The second kappa shape index (κ2) is 8.53. The molecule has 0 saturated carbocycles. The Hall–Kier alpha value is -3.06. The smallest absolute Gasteiger partial charge is 0.266 e. The molecule has 0 aliphatic carbocycles. The zero-order valence-electron chi connectivity index (χ0n) is 16.9. The minimum Gasteiger partial charge on any atom is -0.496 e. The fourth-order valence-electron chi connectivity index (χ4n) is 2.94. The average Bonchev–Trinajstić information content (AvgIpc) is 3.14. The molecule has 0 aliphatic rings. The second-order valence-corrected chi connectivity index (χ2v) is 7.14. The fourth-order valence-corrected chi connectivity index (χ4v) is 3.04. The van der Waals surface area contributed by atoms with Gasteiger partial charge in [0.2, 0.25) is 5.82 Å².